The molecule has 0 spiro atoms. The summed E-state index contributed by atoms with van der Waals surface area (Å²) < 4.78 is 1.97. The maximum absolute atomic E-state index is 4.14. The molecule has 0 aliphatic heterocycles. The Morgan fingerprint density at radius 1 is 1.46 bits per heavy atom. The van der Waals surface area contributed by atoms with Crippen LogP contribution in [0.3, 0.4) is 0 Å². The Balaban J connectivity index is 1.53. The Bertz CT molecular complexity index is 226. The highest BCUT2D eigenvalue weighted by Crippen LogP contribution is 2.24. The van der Waals surface area contributed by atoms with Gasteiger partial charge in [0.25, 0.3) is 0 Å². The van der Waals surface area contributed by atoms with Crippen molar-refractivity contribution in [3.63, 3.8) is 0 Å². The number of nitrogens with zero attached hydrogens (tertiary/aromatic N) is 2. The second kappa shape index (κ2) is 4.42. The van der Waals surface area contributed by atoms with Crippen molar-refractivity contribution >= 4 is 0 Å². The molecule has 3 nitrogen and oxygen atoms in total. The Kier molecular flexibility index (Phi) is 2.98. The minimum atomic E-state index is 0.956. The molecule has 3 heteroatoms. The van der Waals surface area contributed by atoms with E-state index in [2.05, 4.69) is 10.4 Å². The molecule has 72 valence electrons. The van der Waals surface area contributed by atoms with Gasteiger partial charge in [-0.15, -0.1) is 0 Å². The summed E-state index contributed by atoms with van der Waals surface area (Å²) in [6.45, 7) is 3.22. The van der Waals surface area contributed by atoms with Crippen LogP contribution in [0.15, 0.2) is 18.5 Å². The number of aromatic nitrogens is 2. The van der Waals surface area contributed by atoms with Crippen molar-refractivity contribution in [1.29, 1.82) is 0 Å². The third kappa shape index (κ3) is 2.56. The molecule has 0 unspecified atom stereocenters. The summed E-state index contributed by atoms with van der Waals surface area (Å²) in [5.41, 5.74) is 0. The highest BCUT2D eigenvalue weighted by Gasteiger charge is 2.15. The Morgan fingerprint density at radius 3 is 3.00 bits per heavy atom. The van der Waals surface area contributed by atoms with Gasteiger partial charge in [-0.05, 0) is 31.4 Å². The molecule has 1 heterocycles. The molecule has 1 aliphatic rings. The molecular weight excluding hydrogens is 162 g/mol. The van der Waals surface area contributed by atoms with Gasteiger partial charge in [0, 0.05) is 18.9 Å². The Morgan fingerprint density at radius 2 is 2.38 bits per heavy atom. The van der Waals surface area contributed by atoms with Crippen molar-refractivity contribution in [2.75, 3.05) is 13.1 Å². The smallest absolute Gasteiger partial charge is 0.0533 e. The summed E-state index contributed by atoms with van der Waals surface area (Å²) in [5.74, 6) is 0.956. The molecule has 1 saturated carbocycles. The van der Waals surface area contributed by atoms with E-state index >= 15 is 0 Å². The van der Waals surface area contributed by atoms with Gasteiger partial charge in [0.2, 0.25) is 0 Å². The standard InChI is InChI=1S/C10H17N3/c1-3-10(4-1)9-11-6-8-13-7-2-5-12-13/h2,5,7,10-11H,1,3-4,6,8-9H2. The molecule has 13 heavy (non-hydrogen) atoms. The molecule has 0 amide bonds. The molecular formula is C10H17N3. The van der Waals surface area contributed by atoms with Crippen molar-refractivity contribution in [2.24, 2.45) is 5.92 Å². The molecule has 0 aromatic carbocycles. The normalized spacial score (nSPS) is 17.2. The summed E-state index contributed by atoms with van der Waals surface area (Å²) in [5, 5.41) is 7.61. The average molecular weight is 179 g/mol. The Labute approximate surface area is 79.1 Å². The summed E-state index contributed by atoms with van der Waals surface area (Å²) in [4.78, 5) is 0. The van der Waals surface area contributed by atoms with Crippen LogP contribution in [0.1, 0.15) is 19.3 Å². The summed E-state index contributed by atoms with van der Waals surface area (Å²) in [6, 6.07) is 1.96. The van der Waals surface area contributed by atoms with Gasteiger partial charge in [0.15, 0.2) is 0 Å². The first kappa shape index (κ1) is 8.75. The van der Waals surface area contributed by atoms with Gasteiger partial charge in [0.1, 0.15) is 0 Å². The number of rotatable bonds is 5. The van der Waals surface area contributed by atoms with E-state index in [9.17, 15) is 0 Å². The number of hydrogen-bond donors (Lipinski definition) is 1. The predicted octanol–water partition coefficient (Wildman–Crippen LogP) is 1.27. The topological polar surface area (TPSA) is 29.9 Å². The quantitative estimate of drug-likeness (QED) is 0.690. The van der Waals surface area contributed by atoms with Gasteiger partial charge >= 0.3 is 0 Å². The van der Waals surface area contributed by atoms with E-state index in [0.717, 1.165) is 19.0 Å². The molecule has 2 rings (SSSR count). The number of hydrogen-bond acceptors (Lipinski definition) is 2. The zero-order valence-corrected chi connectivity index (χ0v) is 7.95. The van der Waals surface area contributed by atoms with E-state index in [-0.39, 0.29) is 0 Å². The Hall–Kier alpha value is -0.830. The van der Waals surface area contributed by atoms with E-state index < -0.39 is 0 Å². The molecule has 1 N–H and O–H groups in total. The first-order valence-corrected chi connectivity index (χ1v) is 5.13. The van der Waals surface area contributed by atoms with Gasteiger partial charge < -0.3 is 5.32 Å². The maximum atomic E-state index is 4.14. The van der Waals surface area contributed by atoms with Crippen LogP contribution in [-0.2, 0) is 6.54 Å². The molecule has 0 saturated heterocycles. The lowest BCUT2D eigenvalue weighted by Crippen LogP contribution is -2.29. The van der Waals surface area contributed by atoms with E-state index in [4.69, 9.17) is 0 Å². The first-order valence-electron chi connectivity index (χ1n) is 5.13. The monoisotopic (exact) mass is 179 g/mol. The molecule has 1 aromatic rings. The summed E-state index contributed by atoms with van der Waals surface area (Å²) in [6.07, 6.45) is 8.12. The fourth-order valence-electron chi connectivity index (χ4n) is 1.63. The number of nitrogens with one attached hydrogen (secondary N) is 1. The molecule has 1 aliphatic carbocycles. The minimum absolute atomic E-state index is 0.956. The highest BCUT2D eigenvalue weighted by atomic mass is 15.3. The zero-order valence-electron chi connectivity index (χ0n) is 7.95. The van der Waals surface area contributed by atoms with Crippen LogP contribution in [0.5, 0.6) is 0 Å². The van der Waals surface area contributed by atoms with Crippen LogP contribution in [-0.4, -0.2) is 22.9 Å². The van der Waals surface area contributed by atoms with Crippen molar-refractivity contribution in [2.45, 2.75) is 25.8 Å². The van der Waals surface area contributed by atoms with Crippen molar-refractivity contribution in [3.05, 3.63) is 18.5 Å². The minimum Gasteiger partial charge on any atom is -0.315 e. The van der Waals surface area contributed by atoms with Gasteiger partial charge in [-0.3, -0.25) is 4.68 Å². The van der Waals surface area contributed by atoms with Crippen LogP contribution < -0.4 is 5.32 Å². The van der Waals surface area contributed by atoms with E-state index in [1.165, 1.54) is 25.8 Å². The molecule has 0 radical (unpaired) electrons. The van der Waals surface area contributed by atoms with E-state index in [1.807, 2.05) is 23.1 Å². The third-order valence-electron chi connectivity index (χ3n) is 2.73. The van der Waals surface area contributed by atoms with E-state index in [1.54, 1.807) is 0 Å². The van der Waals surface area contributed by atoms with E-state index in [0.29, 0.717) is 0 Å². The maximum Gasteiger partial charge on any atom is 0.0533 e. The molecule has 0 bridgehead atoms. The fourth-order valence-corrected chi connectivity index (χ4v) is 1.63. The first-order chi connectivity index (χ1) is 6.45. The van der Waals surface area contributed by atoms with Crippen molar-refractivity contribution in [3.8, 4) is 0 Å². The van der Waals surface area contributed by atoms with Gasteiger partial charge in [0.05, 0.1) is 6.54 Å². The lowest BCUT2D eigenvalue weighted by Gasteiger charge is -2.25. The summed E-state index contributed by atoms with van der Waals surface area (Å²) >= 11 is 0. The predicted molar refractivity (Wildman–Crippen MR) is 52.4 cm³/mol. The van der Waals surface area contributed by atoms with Crippen LogP contribution >= 0.6 is 0 Å². The fraction of sp³-hybridized carbons (Fsp3) is 0.700. The van der Waals surface area contributed by atoms with Gasteiger partial charge in [-0.1, -0.05) is 6.42 Å². The van der Waals surface area contributed by atoms with Gasteiger partial charge in [-0.25, -0.2) is 0 Å². The van der Waals surface area contributed by atoms with Gasteiger partial charge in [-0.2, -0.15) is 5.10 Å². The van der Waals surface area contributed by atoms with Crippen LogP contribution in [0.4, 0.5) is 0 Å². The third-order valence-corrected chi connectivity index (χ3v) is 2.73. The lowest BCUT2D eigenvalue weighted by atomic mass is 9.85. The second-order valence-corrected chi connectivity index (χ2v) is 3.77. The summed E-state index contributed by atoms with van der Waals surface area (Å²) in [7, 11) is 0. The average Bonchev–Trinajstić information content (AvgIpc) is 2.53. The SMILES string of the molecule is c1cnn(CCNCC2CCC2)c1. The van der Waals surface area contributed by atoms with Crippen LogP contribution in [0.25, 0.3) is 0 Å². The molecule has 1 fully saturated rings. The van der Waals surface area contributed by atoms with Crippen LogP contribution in [0.2, 0.25) is 0 Å². The molecule has 1 aromatic heterocycles. The van der Waals surface area contributed by atoms with Crippen molar-refractivity contribution in [1.82, 2.24) is 15.1 Å². The molecule has 0 atom stereocenters. The van der Waals surface area contributed by atoms with Crippen molar-refractivity contribution < 1.29 is 0 Å². The second-order valence-electron chi connectivity index (χ2n) is 3.77. The largest absolute Gasteiger partial charge is 0.315 e. The lowest BCUT2D eigenvalue weighted by molar-refractivity contribution is 0.300. The van der Waals surface area contributed by atoms with Crippen LogP contribution in [0, 0.1) is 5.92 Å². The zero-order chi connectivity index (χ0) is 8.93. The highest BCUT2D eigenvalue weighted by molar-refractivity contribution is 4.78.